The van der Waals surface area contributed by atoms with Gasteiger partial charge in [-0.25, -0.2) is 8.42 Å². The smallest absolute Gasteiger partial charge is 0.311 e. The molecular weight excluding hydrogens is 308 g/mol. The predicted molar refractivity (Wildman–Crippen MR) is 76.1 cm³/mol. The van der Waals surface area contributed by atoms with Gasteiger partial charge >= 0.3 is 5.97 Å². The summed E-state index contributed by atoms with van der Waals surface area (Å²) in [6, 6.07) is 2.97. The summed E-state index contributed by atoms with van der Waals surface area (Å²) in [5, 5.41) is 0. The zero-order valence-electron chi connectivity index (χ0n) is 11.1. The van der Waals surface area contributed by atoms with Crippen molar-refractivity contribution in [2.75, 3.05) is 0 Å². The highest BCUT2D eigenvalue weighted by Gasteiger charge is 2.16. The Labute approximate surface area is 122 Å². The Balaban J connectivity index is 2.56. The van der Waals surface area contributed by atoms with Gasteiger partial charge in [0.05, 0.1) is 12.5 Å². The van der Waals surface area contributed by atoms with Gasteiger partial charge in [0.25, 0.3) is 9.05 Å². The lowest BCUT2D eigenvalue weighted by Gasteiger charge is -2.14. The van der Waals surface area contributed by atoms with Gasteiger partial charge in [0.15, 0.2) is 0 Å². The van der Waals surface area contributed by atoms with Crippen molar-refractivity contribution < 1.29 is 17.9 Å². The van der Waals surface area contributed by atoms with Gasteiger partial charge < -0.3 is 4.74 Å². The molecule has 0 fully saturated rings. The standard InChI is InChI=1S/C12H17ClO4S2/c1-8(2)6-9(3)17-11(14)7-10-4-5-12(18-10)19(13,15)16/h4-5,8-9H,6-7H2,1-3H3. The van der Waals surface area contributed by atoms with Gasteiger partial charge in [-0.15, -0.1) is 11.3 Å². The highest BCUT2D eigenvalue weighted by atomic mass is 35.7. The summed E-state index contributed by atoms with van der Waals surface area (Å²) in [6.45, 7) is 5.96. The molecule has 0 saturated heterocycles. The fraction of sp³-hybridized carbons (Fsp3) is 0.583. The Morgan fingerprint density at radius 1 is 1.37 bits per heavy atom. The van der Waals surface area contributed by atoms with E-state index in [0.717, 1.165) is 17.8 Å². The lowest BCUT2D eigenvalue weighted by molar-refractivity contribution is -0.147. The molecule has 0 aliphatic heterocycles. The first-order valence-electron chi connectivity index (χ1n) is 5.91. The Hall–Kier alpha value is -0.590. The van der Waals surface area contributed by atoms with Gasteiger partial charge in [0.1, 0.15) is 4.21 Å². The van der Waals surface area contributed by atoms with Crippen molar-refractivity contribution in [3.8, 4) is 0 Å². The van der Waals surface area contributed by atoms with Crippen molar-refractivity contribution in [1.82, 2.24) is 0 Å². The molecule has 4 nitrogen and oxygen atoms in total. The first-order chi connectivity index (χ1) is 8.68. The number of hydrogen-bond acceptors (Lipinski definition) is 5. The predicted octanol–water partition coefficient (Wildman–Crippen LogP) is 3.20. The van der Waals surface area contributed by atoms with Gasteiger partial charge in [-0.1, -0.05) is 13.8 Å². The molecule has 0 aliphatic rings. The number of hydrogen-bond donors (Lipinski definition) is 0. The summed E-state index contributed by atoms with van der Waals surface area (Å²) < 4.78 is 27.5. The van der Waals surface area contributed by atoms with Gasteiger partial charge in [-0.2, -0.15) is 0 Å². The van der Waals surface area contributed by atoms with Crippen LogP contribution in [-0.2, 0) is 25.0 Å². The third-order valence-electron chi connectivity index (χ3n) is 2.33. The maximum atomic E-state index is 11.7. The average Bonchev–Trinajstić information content (AvgIpc) is 2.63. The number of ether oxygens (including phenoxy) is 1. The number of esters is 1. The van der Waals surface area contributed by atoms with Crippen molar-refractivity contribution in [1.29, 1.82) is 0 Å². The molecule has 0 spiro atoms. The van der Waals surface area contributed by atoms with Crippen molar-refractivity contribution in [2.24, 2.45) is 5.92 Å². The quantitative estimate of drug-likeness (QED) is 0.595. The second kappa shape index (κ2) is 6.72. The second-order valence-electron chi connectivity index (χ2n) is 4.77. The largest absolute Gasteiger partial charge is 0.462 e. The average molecular weight is 325 g/mol. The number of halogens is 1. The summed E-state index contributed by atoms with van der Waals surface area (Å²) in [4.78, 5) is 12.3. The highest BCUT2D eigenvalue weighted by Crippen LogP contribution is 2.25. The van der Waals surface area contributed by atoms with Crippen molar-refractivity contribution >= 4 is 37.0 Å². The van der Waals surface area contributed by atoms with Crippen LogP contribution < -0.4 is 0 Å². The number of carbonyl (C=O) groups excluding carboxylic acids is 1. The van der Waals surface area contributed by atoms with Crippen molar-refractivity contribution in [3.63, 3.8) is 0 Å². The van der Waals surface area contributed by atoms with E-state index in [-0.39, 0.29) is 22.7 Å². The maximum absolute atomic E-state index is 11.7. The zero-order chi connectivity index (χ0) is 14.6. The first-order valence-corrected chi connectivity index (χ1v) is 9.04. The Bertz CT molecular complexity index is 534. The van der Waals surface area contributed by atoms with Crippen LogP contribution >= 0.6 is 22.0 Å². The molecule has 108 valence electrons. The van der Waals surface area contributed by atoms with E-state index in [1.165, 1.54) is 6.07 Å². The summed E-state index contributed by atoms with van der Waals surface area (Å²) in [5.74, 6) is 0.103. The Kier molecular flexibility index (Phi) is 5.82. The van der Waals surface area contributed by atoms with Crippen LogP contribution in [0.1, 0.15) is 32.1 Å². The fourth-order valence-electron chi connectivity index (χ4n) is 1.70. The van der Waals surface area contributed by atoms with E-state index < -0.39 is 9.05 Å². The molecular formula is C12H17ClO4S2. The van der Waals surface area contributed by atoms with E-state index in [2.05, 4.69) is 13.8 Å². The molecule has 1 aromatic rings. The monoisotopic (exact) mass is 324 g/mol. The third-order valence-corrected chi connectivity index (χ3v) is 5.51. The van der Waals surface area contributed by atoms with Crippen LogP contribution in [0, 0.1) is 5.92 Å². The normalized spacial score (nSPS) is 13.5. The summed E-state index contributed by atoms with van der Waals surface area (Å²) in [5.41, 5.74) is 0. The molecule has 0 radical (unpaired) electrons. The molecule has 0 saturated carbocycles. The van der Waals surface area contributed by atoms with Gasteiger partial charge in [-0.05, 0) is 31.4 Å². The molecule has 1 unspecified atom stereocenters. The Morgan fingerprint density at radius 2 is 2.00 bits per heavy atom. The summed E-state index contributed by atoms with van der Waals surface area (Å²) in [6.07, 6.45) is 0.737. The minimum atomic E-state index is -3.72. The second-order valence-corrected chi connectivity index (χ2v) is 8.73. The number of thiophene rings is 1. The van der Waals surface area contributed by atoms with E-state index in [9.17, 15) is 13.2 Å². The lowest BCUT2D eigenvalue weighted by atomic mass is 10.1. The van der Waals surface area contributed by atoms with E-state index >= 15 is 0 Å². The lowest BCUT2D eigenvalue weighted by Crippen LogP contribution is -2.17. The SMILES string of the molecule is CC(C)CC(C)OC(=O)Cc1ccc(S(=O)(=O)Cl)s1. The van der Waals surface area contributed by atoms with Crippen molar-refractivity contribution in [2.45, 2.75) is 43.9 Å². The first kappa shape index (κ1) is 16.5. The van der Waals surface area contributed by atoms with Crippen LogP contribution in [0.3, 0.4) is 0 Å². The molecule has 1 aromatic heterocycles. The molecule has 0 bridgehead atoms. The van der Waals surface area contributed by atoms with Gasteiger partial charge in [-0.3, -0.25) is 4.79 Å². The van der Waals surface area contributed by atoms with Crippen LogP contribution in [0.5, 0.6) is 0 Å². The maximum Gasteiger partial charge on any atom is 0.311 e. The number of carbonyl (C=O) groups is 1. The minimum absolute atomic E-state index is 0.0483. The Morgan fingerprint density at radius 3 is 2.47 bits per heavy atom. The molecule has 0 amide bonds. The highest BCUT2D eigenvalue weighted by molar-refractivity contribution is 8.15. The molecule has 1 heterocycles. The molecule has 1 rings (SSSR count). The molecule has 0 N–H and O–H groups in total. The van der Waals surface area contributed by atoms with Crippen LogP contribution in [0.2, 0.25) is 0 Å². The fourth-order valence-corrected chi connectivity index (χ4v) is 3.81. The van der Waals surface area contributed by atoms with Crippen LogP contribution in [-0.4, -0.2) is 20.5 Å². The molecule has 19 heavy (non-hydrogen) atoms. The topological polar surface area (TPSA) is 60.4 Å². The van der Waals surface area contributed by atoms with Gasteiger partial charge in [0.2, 0.25) is 0 Å². The summed E-state index contributed by atoms with van der Waals surface area (Å²) in [7, 11) is 1.50. The number of rotatable bonds is 6. The van der Waals surface area contributed by atoms with Crippen LogP contribution in [0.15, 0.2) is 16.3 Å². The molecule has 7 heteroatoms. The molecule has 1 atom stereocenters. The van der Waals surface area contributed by atoms with E-state index in [4.69, 9.17) is 15.4 Å². The van der Waals surface area contributed by atoms with E-state index in [1.807, 2.05) is 6.92 Å². The third kappa shape index (κ3) is 5.93. The minimum Gasteiger partial charge on any atom is -0.462 e. The molecule has 0 aromatic carbocycles. The van der Waals surface area contributed by atoms with Crippen LogP contribution in [0.25, 0.3) is 0 Å². The van der Waals surface area contributed by atoms with Gasteiger partial charge in [0, 0.05) is 15.6 Å². The molecule has 0 aliphatic carbocycles. The van der Waals surface area contributed by atoms with E-state index in [0.29, 0.717) is 10.8 Å². The summed E-state index contributed by atoms with van der Waals surface area (Å²) >= 11 is 0.988. The van der Waals surface area contributed by atoms with Crippen LogP contribution in [0.4, 0.5) is 0 Å². The van der Waals surface area contributed by atoms with E-state index in [1.54, 1.807) is 6.07 Å². The zero-order valence-corrected chi connectivity index (χ0v) is 13.4. The van der Waals surface area contributed by atoms with Crippen molar-refractivity contribution in [3.05, 3.63) is 17.0 Å².